The van der Waals surface area contributed by atoms with Crippen LogP contribution in [0.4, 0.5) is 11.4 Å². The molecule has 7 heteroatoms. The number of carbonyl (C=O) groups is 2. The van der Waals surface area contributed by atoms with E-state index in [1.165, 1.54) is 0 Å². The van der Waals surface area contributed by atoms with Gasteiger partial charge in [0.2, 0.25) is 0 Å². The molecular weight excluding hydrogens is 394 g/mol. The molecule has 7 nitrogen and oxygen atoms in total. The van der Waals surface area contributed by atoms with Crippen molar-refractivity contribution in [3.05, 3.63) is 60.7 Å². The minimum absolute atomic E-state index is 0.125. The predicted octanol–water partition coefficient (Wildman–Crippen LogP) is 2.09. The third kappa shape index (κ3) is 5.13. The van der Waals surface area contributed by atoms with Crippen LogP contribution in [0, 0.1) is 0 Å². The van der Waals surface area contributed by atoms with Gasteiger partial charge in [0.15, 0.2) is 24.6 Å². The molecule has 0 saturated heterocycles. The molecule has 31 heavy (non-hydrogen) atoms. The maximum absolute atomic E-state index is 12.6. The van der Waals surface area contributed by atoms with Gasteiger partial charge in [0.05, 0.1) is 6.54 Å². The fourth-order valence-corrected chi connectivity index (χ4v) is 3.62. The summed E-state index contributed by atoms with van der Waals surface area (Å²) < 4.78 is 11.1. The van der Waals surface area contributed by atoms with Gasteiger partial charge in [-0.3, -0.25) is 9.59 Å². The van der Waals surface area contributed by atoms with Gasteiger partial charge in [0.1, 0.15) is 13.2 Å². The smallest absolute Gasteiger partial charge is 0.279 e. The maximum atomic E-state index is 12.6. The second kappa shape index (κ2) is 9.49. The number of quaternary nitrogens is 1. The van der Waals surface area contributed by atoms with E-state index < -0.39 is 0 Å². The first-order valence-corrected chi connectivity index (χ1v) is 10.4. The number of hydrogen-bond donors (Lipinski definition) is 3. The summed E-state index contributed by atoms with van der Waals surface area (Å²) in [6.07, 6.45) is 0. The Hall–Kier alpha value is -3.58. The number of anilines is 2. The molecule has 0 radical (unpaired) electrons. The molecule has 1 heterocycles. The van der Waals surface area contributed by atoms with E-state index in [1.54, 1.807) is 18.2 Å². The molecule has 1 atom stereocenters. The summed E-state index contributed by atoms with van der Waals surface area (Å²) in [6, 6.07) is 19.1. The van der Waals surface area contributed by atoms with Crippen LogP contribution in [0.25, 0.3) is 10.8 Å². The second-order valence-electron chi connectivity index (χ2n) is 7.44. The van der Waals surface area contributed by atoms with Crippen molar-refractivity contribution in [3.63, 3.8) is 0 Å². The highest BCUT2D eigenvalue weighted by molar-refractivity contribution is 6.02. The second-order valence-corrected chi connectivity index (χ2v) is 7.44. The van der Waals surface area contributed by atoms with E-state index in [-0.39, 0.29) is 24.9 Å². The number of carbonyl (C=O) groups excluding carboxylic acids is 2. The van der Waals surface area contributed by atoms with E-state index in [4.69, 9.17) is 9.47 Å². The van der Waals surface area contributed by atoms with Gasteiger partial charge in [-0.25, -0.2) is 0 Å². The molecule has 0 spiro atoms. The Labute approximate surface area is 180 Å². The fraction of sp³-hybridized carbons (Fsp3) is 0.250. The molecule has 0 aromatic heterocycles. The lowest BCUT2D eigenvalue weighted by atomic mass is 10.1. The third-order valence-corrected chi connectivity index (χ3v) is 5.21. The average Bonchev–Trinajstić information content (AvgIpc) is 2.78. The van der Waals surface area contributed by atoms with Gasteiger partial charge in [-0.2, -0.15) is 0 Å². The predicted molar refractivity (Wildman–Crippen MR) is 120 cm³/mol. The minimum Gasteiger partial charge on any atom is -0.486 e. The maximum Gasteiger partial charge on any atom is 0.279 e. The van der Waals surface area contributed by atoms with Crippen LogP contribution in [0.1, 0.15) is 6.92 Å². The summed E-state index contributed by atoms with van der Waals surface area (Å²) in [5, 5.41) is 7.92. The Bertz CT molecular complexity index is 1090. The molecule has 160 valence electrons. The molecular formula is C24H26N3O4+. The zero-order valence-corrected chi connectivity index (χ0v) is 17.4. The number of benzene rings is 3. The van der Waals surface area contributed by atoms with E-state index in [1.807, 2.05) is 49.4 Å². The largest absolute Gasteiger partial charge is 0.486 e. The van der Waals surface area contributed by atoms with Gasteiger partial charge < -0.3 is 25.0 Å². The van der Waals surface area contributed by atoms with Crippen LogP contribution < -0.4 is 25.0 Å². The first kappa shape index (κ1) is 20.7. The van der Waals surface area contributed by atoms with Gasteiger partial charge in [-0.15, -0.1) is 0 Å². The zero-order chi connectivity index (χ0) is 21.6. The molecule has 3 aromatic rings. The van der Waals surface area contributed by atoms with Crippen LogP contribution in [0.2, 0.25) is 0 Å². The molecule has 3 N–H and O–H groups in total. The van der Waals surface area contributed by atoms with Gasteiger partial charge >= 0.3 is 0 Å². The summed E-state index contributed by atoms with van der Waals surface area (Å²) in [5.74, 6) is 1.01. The highest BCUT2D eigenvalue weighted by atomic mass is 16.6. The van der Waals surface area contributed by atoms with Crippen LogP contribution in [-0.2, 0) is 9.59 Å². The lowest BCUT2D eigenvalue weighted by Gasteiger charge is -2.20. The molecule has 0 saturated carbocycles. The molecule has 0 bridgehead atoms. The van der Waals surface area contributed by atoms with Crippen molar-refractivity contribution in [2.75, 3.05) is 43.5 Å². The number of fused-ring (bicyclic) bond motifs is 2. The summed E-state index contributed by atoms with van der Waals surface area (Å²) in [6.45, 7) is 4.01. The van der Waals surface area contributed by atoms with Crippen molar-refractivity contribution in [1.29, 1.82) is 0 Å². The Kier molecular flexibility index (Phi) is 6.33. The Morgan fingerprint density at radius 1 is 0.871 bits per heavy atom. The number of nitrogens with one attached hydrogen (secondary N) is 3. The molecule has 3 aromatic carbocycles. The van der Waals surface area contributed by atoms with E-state index in [9.17, 15) is 9.59 Å². The first-order chi connectivity index (χ1) is 15.1. The van der Waals surface area contributed by atoms with E-state index in [0.717, 1.165) is 21.4 Å². The van der Waals surface area contributed by atoms with Crippen LogP contribution in [-0.4, -0.2) is 44.7 Å². The van der Waals surface area contributed by atoms with E-state index in [0.29, 0.717) is 36.9 Å². The normalized spacial score (nSPS) is 13.5. The summed E-state index contributed by atoms with van der Waals surface area (Å²) in [5.41, 5.74) is 1.42. The molecule has 4 rings (SSSR count). The SMILES string of the molecule is CC[NH+](CC(=O)Nc1ccc2c(c1)OCCO2)CC(=O)Nc1cccc2ccccc12. The van der Waals surface area contributed by atoms with Gasteiger partial charge in [0.25, 0.3) is 11.8 Å². The van der Waals surface area contributed by atoms with Crippen LogP contribution in [0.15, 0.2) is 60.7 Å². The molecule has 0 aliphatic carbocycles. The van der Waals surface area contributed by atoms with Gasteiger partial charge in [0, 0.05) is 22.8 Å². The topological polar surface area (TPSA) is 81.1 Å². The van der Waals surface area contributed by atoms with Crippen LogP contribution in [0.5, 0.6) is 11.5 Å². The van der Waals surface area contributed by atoms with Crippen molar-refractivity contribution >= 4 is 34.0 Å². The molecule has 0 fully saturated rings. The average molecular weight is 420 g/mol. The highest BCUT2D eigenvalue weighted by Gasteiger charge is 2.18. The number of rotatable bonds is 7. The monoisotopic (exact) mass is 420 g/mol. The van der Waals surface area contributed by atoms with Crippen molar-refractivity contribution < 1.29 is 24.0 Å². The number of likely N-dealkylation sites (N-methyl/N-ethyl adjacent to an activating group) is 1. The molecule has 1 aliphatic rings. The quantitative estimate of drug-likeness (QED) is 0.547. The van der Waals surface area contributed by atoms with E-state index in [2.05, 4.69) is 10.6 Å². The molecule has 1 aliphatic heterocycles. The van der Waals surface area contributed by atoms with Crippen molar-refractivity contribution in [1.82, 2.24) is 0 Å². The summed E-state index contributed by atoms with van der Waals surface area (Å²) in [7, 11) is 0. The summed E-state index contributed by atoms with van der Waals surface area (Å²) in [4.78, 5) is 26.0. The van der Waals surface area contributed by atoms with Crippen molar-refractivity contribution in [3.8, 4) is 11.5 Å². The van der Waals surface area contributed by atoms with Gasteiger partial charge in [-0.05, 0) is 30.5 Å². The lowest BCUT2D eigenvalue weighted by Crippen LogP contribution is -3.13. The van der Waals surface area contributed by atoms with Crippen molar-refractivity contribution in [2.45, 2.75) is 6.92 Å². The van der Waals surface area contributed by atoms with Gasteiger partial charge in [-0.1, -0.05) is 36.4 Å². The summed E-state index contributed by atoms with van der Waals surface area (Å²) >= 11 is 0. The minimum atomic E-state index is -0.161. The Morgan fingerprint density at radius 2 is 1.58 bits per heavy atom. The Balaban J connectivity index is 1.34. The third-order valence-electron chi connectivity index (χ3n) is 5.21. The number of amides is 2. The standard InChI is InChI=1S/C24H25N3O4/c1-2-27(15-23(28)25-18-10-11-21-22(14-18)31-13-12-30-21)16-24(29)26-20-9-5-7-17-6-3-4-8-19(17)20/h3-11,14H,2,12-13,15-16H2,1H3,(H,25,28)(H,26,29)/p+1. The first-order valence-electron chi connectivity index (χ1n) is 10.4. The lowest BCUT2D eigenvalue weighted by molar-refractivity contribution is -0.881. The fourth-order valence-electron chi connectivity index (χ4n) is 3.62. The van der Waals surface area contributed by atoms with Crippen LogP contribution in [0.3, 0.4) is 0 Å². The van der Waals surface area contributed by atoms with Crippen LogP contribution >= 0.6 is 0 Å². The zero-order valence-electron chi connectivity index (χ0n) is 17.4. The molecule has 1 unspecified atom stereocenters. The number of ether oxygens (including phenoxy) is 2. The molecule has 2 amide bonds. The Morgan fingerprint density at radius 3 is 2.39 bits per heavy atom. The van der Waals surface area contributed by atoms with Crippen molar-refractivity contribution in [2.24, 2.45) is 0 Å². The van der Waals surface area contributed by atoms with E-state index >= 15 is 0 Å². The highest BCUT2D eigenvalue weighted by Crippen LogP contribution is 2.32. The number of hydrogen-bond acceptors (Lipinski definition) is 4.